The third kappa shape index (κ3) is 3.32. The predicted octanol–water partition coefficient (Wildman–Crippen LogP) is 2.82. The number of rotatable bonds is 4. The van der Waals surface area contributed by atoms with Gasteiger partial charge in [0.1, 0.15) is 0 Å². The summed E-state index contributed by atoms with van der Waals surface area (Å²) in [5, 5.41) is 0.589. The molecule has 3 nitrogen and oxygen atoms in total. The van der Waals surface area contributed by atoms with Gasteiger partial charge >= 0.3 is 0 Å². The molecule has 0 radical (unpaired) electrons. The zero-order chi connectivity index (χ0) is 13.0. The summed E-state index contributed by atoms with van der Waals surface area (Å²) in [5.74, 6) is 0. The van der Waals surface area contributed by atoms with E-state index >= 15 is 0 Å². The van der Waals surface area contributed by atoms with E-state index in [4.69, 9.17) is 11.6 Å². The third-order valence-electron chi connectivity index (χ3n) is 2.41. The Morgan fingerprint density at radius 1 is 1.00 bits per heavy atom. The number of nitrogens with one attached hydrogen (secondary N) is 1. The lowest BCUT2D eigenvalue weighted by Gasteiger charge is -2.06. The topological polar surface area (TPSA) is 46.2 Å². The molecule has 0 heterocycles. The van der Waals surface area contributed by atoms with Crippen molar-refractivity contribution in [2.24, 2.45) is 0 Å². The molecule has 2 aromatic carbocycles. The first-order valence-electron chi connectivity index (χ1n) is 5.37. The van der Waals surface area contributed by atoms with Gasteiger partial charge in [-0.1, -0.05) is 41.9 Å². The van der Waals surface area contributed by atoms with E-state index in [9.17, 15) is 8.42 Å². The van der Waals surface area contributed by atoms with Crippen LogP contribution in [0.25, 0.3) is 0 Å². The average Bonchev–Trinajstić information content (AvgIpc) is 2.38. The van der Waals surface area contributed by atoms with Crippen LogP contribution in [0.3, 0.4) is 0 Å². The molecule has 0 saturated carbocycles. The van der Waals surface area contributed by atoms with Crippen molar-refractivity contribution in [1.82, 2.24) is 4.72 Å². The Morgan fingerprint density at radius 2 is 1.72 bits per heavy atom. The minimum absolute atomic E-state index is 0.220. The molecule has 5 heteroatoms. The minimum Gasteiger partial charge on any atom is -0.207 e. The van der Waals surface area contributed by atoms with Crippen LogP contribution >= 0.6 is 11.6 Å². The van der Waals surface area contributed by atoms with Crippen molar-refractivity contribution < 1.29 is 8.42 Å². The second kappa shape index (κ2) is 5.52. The lowest BCUT2D eigenvalue weighted by Crippen LogP contribution is -2.23. The van der Waals surface area contributed by atoms with E-state index in [1.54, 1.807) is 48.5 Å². The van der Waals surface area contributed by atoms with Gasteiger partial charge in [-0.05, 0) is 29.8 Å². The summed E-state index contributed by atoms with van der Waals surface area (Å²) in [6, 6.07) is 15.3. The van der Waals surface area contributed by atoms with Crippen LogP contribution in [-0.2, 0) is 16.6 Å². The van der Waals surface area contributed by atoms with Gasteiger partial charge in [0.2, 0.25) is 10.0 Å². The second-order valence-electron chi connectivity index (χ2n) is 3.77. The van der Waals surface area contributed by atoms with Gasteiger partial charge in [-0.25, -0.2) is 13.1 Å². The summed E-state index contributed by atoms with van der Waals surface area (Å²) in [6.45, 7) is 0.220. The summed E-state index contributed by atoms with van der Waals surface area (Å²) in [5.41, 5.74) is 0.821. The van der Waals surface area contributed by atoms with E-state index in [1.165, 1.54) is 0 Å². The summed E-state index contributed by atoms with van der Waals surface area (Å²) in [6.07, 6.45) is 0. The van der Waals surface area contributed by atoms with Crippen LogP contribution in [0.5, 0.6) is 0 Å². The molecule has 18 heavy (non-hydrogen) atoms. The Morgan fingerprint density at radius 3 is 2.39 bits per heavy atom. The highest BCUT2D eigenvalue weighted by atomic mass is 35.5. The normalized spacial score (nSPS) is 11.4. The molecule has 0 unspecified atom stereocenters. The van der Waals surface area contributed by atoms with E-state index in [-0.39, 0.29) is 11.4 Å². The van der Waals surface area contributed by atoms with E-state index in [2.05, 4.69) is 4.72 Å². The largest absolute Gasteiger partial charge is 0.240 e. The fourth-order valence-electron chi connectivity index (χ4n) is 1.51. The van der Waals surface area contributed by atoms with Crippen molar-refractivity contribution >= 4 is 21.6 Å². The first-order valence-corrected chi connectivity index (χ1v) is 7.23. The fourth-order valence-corrected chi connectivity index (χ4v) is 2.76. The van der Waals surface area contributed by atoms with Gasteiger partial charge in [-0.2, -0.15) is 0 Å². The van der Waals surface area contributed by atoms with Crippen molar-refractivity contribution in [1.29, 1.82) is 0 Å². The van der Waals surface area contributed by atoms with Crippen LogP contribution in [0.4, 0.5) is 0 Å². The first kappa shape index (κ1) is 13.1. The Balaban J connectivity index is 2.11. The highest BCUT2D eigenvalue weighted by Gasteiger charge is 2.12. The van der Waals surface area contributed by atoms with Gasteiger partial charge in [0.15, 0.2) is 0 Å². The maximum atomic E-state index is 11.9. The van der Waals surface area contributed by atoms with E-state index in [1.807, 2.05) is 6.07 Å². The molecule has 94 valence electrons. The summed E-state index contributed by atoms with van der Waals surface area (Å²) >= 11 is 5.83. The fraction of sp³-hybridized carbons (Fsp3) is 0.0769. The summed E-state index contributed by atoms with van der Waals surface area (Å²) in [7, 11) is -3.46. The molecule has 1 N–H and O–H groups in total. The van der Waals surface area contributed by atoms with Gasteiger partial charge in [-0.3, -0.25) is 0 Å². The lowest BCUT2D eigenvalue weighted by atomic mass is 10.2. The van der Waals surface area contributed by atoms with Crippen LogP contribution in [0, 0.1) is 0 Å². The first-order chi connectivity index (χ1) is 8.58. The molecule has 0 aromatic heterocycles. The summed E-state index contributed by atoms with van der Waals surface area (Å²) in [4.78, 5) is 0.257. The van der Waals surface area contributed by atoms with Gasteiger partial charge < -0.3 is 0 Å². The number of hydrogen-bond donors (Lipinski definition) is 1. The van der Waals surface area contributed by atoms with Crippen LogP contribution in [-0.4, -0.2) is 8.42 Å². The Hall–Kier alpha value is -1.36. The molecule has 0 spiro atoms. The standard InChI is InChI=1S/C13H12ClNO2S/c14-12-6-4-5-11(9-12)10-15-18(16,17)13-7-2-1-3-8-13/h1-9,15H,10H2. The Labute approximate surface area is 111 Å². The smallest absolute Gasteiger partial charge is 0.207 e. The molecule has 0 aliphatic rings. The van der Waals surface area contributed by atoms with Crippen LogP contribution in [0.15, 0.2) is 59.5 Å². The van der Waals surface area contributed by atoms with E-state index in [0.717, 1.165) is 5.56 Å². The van der Waals surface area contributed by atoms with Gasteiger partial charge in [-0.15, -0.1) is 0 Å². The maximum Gasteiger partial charge on any atom is 0.240 e. The lowest BCUT2D eigenvalue weighted by molar-refractivity contribution is 0.581. The molecule has 0 aliphatic heterocycles. The predicted molar refractivity (Wildman–Crippen MR) is 71.9 cm³/mol. The Bertz CT molecular complexity index is 626. The number of hydrogen-bond acceptors (Lipinski definition) is 2. The molecule has 0 saturated heterocycles. The van der Waals surface area contributed by atoms with Gasteiger partial charge in [0.25, 0.3) is 0 Å². The minimum atomic E-state index is -3.46. The second-order valence-corrected chi connectivity index (χ2v) is 5.97. The third-order valence-corrected chi connectivity index (χ3v) is 4.06. The zero-order valence-electron chi connectivity index (χ0n) is 9.51. The zero-order valence-corrected chi connectivity index (χ0v) is 11.1. The molecule has 0 aliphatic carbocycles. The highest BCUT2D eigenvalue weighted by Crippen LogP contribution is 2.12. The molecule has 2 aromatic rings. The van der Waals surface area contributed by atoms with Crippen molar-refractivity contribution in [3.8, 4) is 0 Å². The van der Waals surface area contributed by atoms with Gasteiger partial charge in [0, 0.05) is 11.6 Å². The van der Waals surface area contributed by atoms with Crippen LogP contribution in [0.1, 0.15) is 5.56 Å². The molecular formula is C13H12ClNO2S. The van der Waals surface area contributed by atoms with E-state index < -0.39 is 10.0 Å². The van der Waals surface area contributed by atoms with Crippen molar-refractivity contribution in [2.45, 2.75) is 11.4 Å². The molecule has 0 atom stereocenters. The molecule has 0 amide bonds. The molecule has 2 rings (SSSR count). The van der Waals surface area contributed by atoms with Crippen molar-refractivity contribution in [2.75, 3.05) is 0 Å². The van der Waals surface area contributed by atoms with Crippen LogP contribution < -0.4 is 4.72 Å². The van der Waals surface area contributed by atoms with E-state index in [0.29, 0.717) is 5.02 Å². The molecular weight excluding hydrogens is 270 g/mol. The summed E-state index contributed by atoms with van der Waals surface area (Å²) < 4.78 is 26.4. The maximum absolute atomic E-state index is 11.9. The quantitative estimate of drug-likeness (QED) is 0.937. The van der Waals surface area contributed by atoms with Crippen molar-refractivity contribution in [3.63, 3.8) is 0 Å². The average molecular weight is 282 g/mol. The molecule has 0 bridgehead atoms. The van der Waals surface area contributed by atoms with Crippen molar-refractivity contribution in [3.05, 3.63) is 65.2 Å². The highest BCUT2D eigenvalue weighted by molar-refractivity contribution is 7.89. The number of sulfonamides is 1. The monoisotopic (exact) mass is 281 g/mol. The molecule has 0 fully saturated rings. The number of halogens is 1. The Kier molecular flexibility index (Phi) is 4.01. The van der Waals surface area contributed by atoms with Gasteiger partial charge in [0.05, 0.1) is 4.90 Å². The SMILES string of the molecule is O=S(=O)(NCc1cccc(Cl)c1)c1ccccc1. The number of benzene rings is 2. The van der Waals surface area contributed by atoms with Crippen LogP contribution in [0.2, 0.25) is 5.02 Å².